The summed E-state index contributed by atoms with van der Waals surface area (Å²) < 4.78 is 45.1. The summed E-state index contributed by atoms with van der Waals surface area (Å²) in [5.41, 5.74) is 3.12. The predicted molar refractivity (Wildman–Crippen MR) is 129 cm³/mol. The number of ether oxygens (including phenoxy) is 1. The summed E-state index contributed by atoms with van der Waals surface area (Å²) in [4.78, 5) is 12.5. The van der Waals surface area contributed by atoms with Gasteiger partial charge >= 0.3 is 6.18 Å². The number of fused-ring (bicyclic) bond motifs is 1. The molecule has 1 aliphatic heterocycles. The van der Waals surface area contributed by atoms with Crippen molar-refractivity contribution in [1.29, 1.82) is 0 Å². The van der Waals surface area contributed by atoms with Crippen LogP contribution in [-0.4, -0.2) is 26.1 Å². The minimum absolute atomic E-state index is 0.141. The van der Waals surface area contributed by atoms with Crippen LogP contribution in [0.2, 0.25) is 0 Å². The number of benzene rings is 3. The van der Waals surface area contributed by atoms with Crippen LogP contribution in [0.25, 0.3) is 0 Å². The first-order valence-electron chi connectivity index (χ1n) is 11.8. The van der Waals surface area contributed by atoms with Crippen molar-refractivity contribution >= 4 is 5.91 Å². The molecule has 7 heteroatoms. The van der Waals surface area contributed by atoms with Crippen LogP contribution in [0.1, 0.15) is 52.6 Å². The van der Waals surface area contributed by atoms with Crippen molar-refractivity contribution in [1.82, 2.24) is 10.6 Å². The number of aryl methyl sites for hydroxylation is 1. The molecule has 0 spiro atoms. The van der Waals surface area contributed by atoms with Gasteiger partial charge in [-0.1, -0.05) is 54.6 Å². The van der Waals surface area contributed by atoms with Crippen molar-refractivity contribution in [3.63, 3.8) is 0 Å². The molecule has 4 nitrogen and oxygen atoms in total. The Labute approximate surface area is 203 Å². The Hall–Kier alpha value is -3.32. The summed E-state index contributed by atoms with van der Waals surface area (Å²) in [6.45, 7) is 1.19. The van der Waals surface area contributed by atoms with Gasteiger partial charge in [-0.2, -0.15) is 13.2 Å². The number of hydrogen-bond acceptors (Lipinski definition) is 3. The normalized spacial score (nSPS) is 15.0. The summed E-state index contributed by atoms with van der Waals surface area (Å²) in [6, 6.07) is 20.3. The second-order valence-electron chi connectivity index (χ2n) is 8.69. The Morgan fingerprint density at radius 1 is 0.971 bits per heavy atom. The van der Waals surface area contributed by atoms with E-state index in [2.05, 4.69) is 16.7 Å². The SMILES string of the molecule is CNC(=O)[C@H](NCC[C@@H](c1ccc(C(F)(F)F)cc1)c1ccc2c(c1)CCCO2)c1ccccc1. The fourth-order valence-corrected chi connectivity index (χ4v) is 4.55. The first-order chi connectivity index (χ1) is 16.9. The Morgan fingerprint density at radius 2 is 1.69 bits per heavy atom. The number of rotatable bonds is 8. The maximum atomic E-state index is 13.1. The van der Waals surface area contributed by atoms with Gasteiger partial charge in [0, 0.05) is 13.0 Å². The molecule has 0 saturated heterocycles. The standard InChI is InChI=1S/C28H29F3N2O2/c1-32-27(34)26(20-6-3-2-4-7-20)33-16-15-24(19-9-12-23(13-10-19)28(29,30)31)21-11-14-25-22(18-21)8-5-17-35-25/h2-4,6-7,9-14,18,24,26,33H,5,8,15-17H2,1H3,(H,32,34)/t24-,26+/m0/s1. The van der Waals surface area contributed by atoms with Crippen molar-refractivity contribution < 1.29 is 22.7 Å². The highest BCUT2D eigenvalue weighted by Gasteiger charge is 2.30. The molecule has 3 aromatic rings. The molecule has 2 N–H and O–H groups in total. The van der Waals surface area contributed by atoms with E-state index in [9.17, 15) is 18.0 Å². The van der Waals surface area contributed by atoms with Crippen LogP contribution < -0.4 is 15.4 Å². The van der Waals surface area contributed by atoms with E-state index in [4.69, 9.17) is 4.74 Å². The molecular formula is C28H29F3N2O2. The number of nitrogens with one attached hydrogen (secondary N) is 2. The molecule has 0 saturated carbocycles. The largest absolute Gasteiger partial charge is 0.493 e. The van der Waals surface area contributed by atoms with E-state index in [1.807, 2.05) is 42.5 Å². The van der Waals surface area contributed by atoms with Gasteiger partial charge in [-0.25, -0.2) is 0 Å². The van der Waals surface area contributed by atoms with Crippen LogP contribution in [-0.2, 0) is 17.4 Å². The van der Waals surface area contributed by atoms with Gasteiger partial charge in [-0.15, -0.1) is 0 Å². The summed E-state index contributed by atoms with van der Waals surface area (Å²) in [6.07, 6.45) is -1.93. The molecule has 184 valence electrons. The molecule has 2 atom stereocenters. The third-order valence-electron chi connectivity index (χ3n) is 6.40. The number of halogens is 3. The monoisotopic (exact) mass is 482 g/mol. The highest BCUT2D eigenvalue weighted by Crippen LogP contribution is 2.35. The van der Waals surface area contributed by atoms with E-state index in [0.29, 0.717) is 19.6 Å². The van der Waals surface area contributed by atoms with E-state index in [-0.39, 0.29) is 11.8 Å². The van der Waals surface area contributed by atoms with Crippen molar-refractivity contribution in [2.75, 3.05) is 20.2 Å². The molecule has 1 aliphatic rings. The van der Waals surface area contributed by atoms with E-state index >= 15 is 0 Å². The van der Waals surface area contributed by atoms with E-state index < -0.39 is 17.8 Å². The summed E-state index contributed by atoms with van der Waals surface area (Å²) >= 11 is 0. The number of amides is 1. The van der Waals surface area contributed by atoms with Gasteiger partial charge in [0.2, 0.25) is 5.91 Å². The molecule has 1 heterocycles. The fraction of sp³-hybridized carbons (Fsp3) is 0.321. The Balaban J connectivity index is 1.58. The lowest BCUT2D eigenvalue weighted by Crippen LogP contribution is -2.36. The van der Waals surface area contributed by atoms with Gasteiger partial charge in [0.05, 0.1) is 12.2 Å². The quantitative estimate of drug-likeness (QED) is 0.438. The molecule has 35 heavy (non-hydrogen) atoms. The lowest BCUT2D eigenvalue weighted by Gasteiger charge is -2.24. The zero-order valence-corrected chi connectivity index (χ0v) is 19.6. The maximum Gasteiger partial charge on any atom is 0.416 e. The molecule has 1 amide bonds. The minimum atomic E-state index is -4.38. The van der Waals surface area contributed by atoms with Crippen molar-refractivity contribution in [2.45, 2.75) is 37.4 Å². The first kappa shape index (κ1) is 24.8. The minimum Gasteiger partial charge on any atom is -0.493 e. The van der Waals surface area contributed by atoms with Crippen molar-refractivity contribution in [2.24, 2.45) is 0 Å². The number of carbonyl (C=O) groups is 1. The smallest absolute Gasteiger partial charge is 0.416 e. The average molecular weight is 483 g/mol. The maximum absolute atomic E-state index is 13.1. The zero-order chi connectivity index (χ0) is 24.8. The molecule has 0 unspecified atom stereocenters. The second kappa shape index (κ2) is 11.0. The van der Waals surface area contributed by atoms with Crippen LogP contribution in [0.15, 0.2) is 72.8 Å². The van der Waals surface area contributed by atoms with Crippen molar-refractivity contribution in [3.8, 4) is 5.75 Å². The number of alkyl halides is 3. The van der Waals surface area contributed by atoms with E-state index in [1.165, 1.54) is 0 Å². The average Bonchev–Trinajstić information content (AvgIpc) is 2.88. The number of hydrogen-bond donors (Lipinski definition) is 2. The van der Waals surface area contributed by atoms with Gasteiger partial charge in [-0.05, 0) is 66.3 Å². The zero-order valence-electron chi connectivity index (χ0n) is 19.6. The van der Waals surface area contributed by atoms with Gasteiger partial charge in [0.1, 0.15) is 11.8 Å². The van der Waals surface area contributed by atoms with Crippen LogP contribution in [0.5, 0.6) is 5.75 Å². The molecular weight excluding hydrogens is 453 g/mol. The molecule has 0 radical (unpaired) electrons. The third kappa shape index (κ3) is 6.03. The lowest BCUT2D eigenvalue weighted by atomic mass is 9.86. The summed E-state index contributed by atoms with van der Waals surface area (Å²) in [7, 11) is 1.60. The fourth-order valence-electron chi connectivity index (χ4n) is 4.55. The molecule has 4 rings (SSSR count). The molecule has 0 fully saturated rings. The van der Waals surface area contributed by atoms with Gasteiger partial charge in [0.25, 0.3) is 0 Å². The van der Waals surface area contributed by atoms with Gasteiger partial charge in [0.15, 0.2) is 0 Å². The van der Waals surface area contributed by atoms with E-state index in [1.54, 1.807) is 19.2 Å². The van der Waals surface area contributed by atoms with Gasteiger partial charge in [-0.3, -0.25) is 4.79 Å². The number of carbonyl (C=O) groups excluding carboxylic acids is 1. The molecule has 0 aromatic heterocycles. The van der Waals surface area contributed by atoms with Crippen LogP contribution >= 0.6 is 0 Å². The van der Waals surface area contributed by atoms with Crippen LogP contribution in [0.3, 0.4) is 0 Å². The second-order valence-corrected chi connectivity index (χ2v) is 8.69. The Kier molecular flexibility index (Phi) is 7.76. The third-order valence-corrected chi connectivity index (χ3v) is 6.40. The Bertz CT molecular complexity index is 1130. The molecule has 0 bridgehead atoms. The van der Waals surface area contributed by atoms with Gasteiger partial charge < -0.3 is 15.4 Å². The highest BCUT2D eigenvalue weighted by molar-refractivity contribution is 5.82. The number of likely N-dealkylation sites (N-methyl/N-ethyl adjacent to an activating group) is 1. The summed E-state index contributed by atoms with van der Waals surface area (Å²) in [5.74, 6) is 0.583. The van der Waals surface area contributed by atoms with Crippen LogP contribution in [0, 0.1) is 0 Å². The molecule has 3 aromatic carbocycles. The Morgan fingerprint density at radius 3 is 2.37 bits per heavy atom. The van der Waals surface area contributed by atoms with E-state index in [0.717, 1.165) is 53.0 Å². The summed E-state index contributed by atoms with van der Waals surface area (Å²) in [5, 5.41) is 6.04. The lowest BCUT2D eigenvalue weighted by molar-refractivity contribution is -0.137. The highest BCUT2D eigenvalue weighted by atomic mass is 19.4. The topological polar surface area (TPSA) is 50.4 Å². The van der Waals surface area contributed by atoms with Crippen LogP contribution in [0.4, 0.5) is 13.2 Å². The first-order valence-corrected chi connectivity index (χ1v) is 11.8. The predicted octanol–water partition coefficient (Wildman–Crippen LogP) is 5.63. The molecule has 0 aliphatic carbocycles. The van der Waals surface area contributed by atoms with Crippen molar-refractivity contribution in [3.05, 3.63) is 101 Å².